The lowest BCUT2D eigenvalue weighted by molar-refractivity contribution is 0.0600. The molecule has 1 aromatic carbocycles. The molecule has 0 radical (unpaired) electrons. The predicted molar refractivity (Wildman–Crippen MR) is 73.4 cm³/mol. The van der Waals surface area contributed by atoms with Crippen molar-refractivity contribution in [3.8, 4) is 0 Å². The van der Waals surface area contributed by atoms with Crippen LogP contribution in [0.3, 0.4) is 0 Å². The summed E-state index contributed by atoms with van der Waals surface area (Å²) in [6, 6.07) is 6.91. The smallest absolute Gasteiger partial charge is 0.410 e. The molecule has 5 nitrogen and oxygen atoms in total. The van der Waals surface area contributed by atoms with Gasteiger partial charge in [0.15, 0.2) is 0 Å². The molecule has 0 unspecified atom stereocenters. The Morgan fingerprint density at radius 2 is 1.95 bits per heavy atom. The van der Waals surface area contributed by atoms with Gasteiger partial charge in [0.05, 0.1) is 12.7 Å². The van der Waals surface area contributed by atoms with Crippen LogP contribution in [0, 0.1) is 0 Å². The Morgan fingerprint density at radius 3 is 2.65 bits per heavy atom. The van der Waals surface area contributed by atoms with Crippen molar-refractivity contribution in [3.63, 3.8) is 0 Å². The lowest BCUT2D eigenvalue weighted by Gasteiger charge is -2.25. The summed E-state index contributed by atoms with van der Waals surface area (Å²) in [7, 11) is 1.34. The van der Waals surface area contributed by atoms with Crippen LogP contribution >= 0.6 is 0 Å². The molecule has 0 bridgehead atoms. The number of hydrogen-bond donors (Lipinski definition) is 0. The number of piperidine rings is 1. The Balaban J connectivity index is 1.90. The fourth-order valence-corrected chi connectivity index (χ4v) is 2.22. The first-order chi connectivity index (χ1) is 9.70. The molecule has 1 aromatic rings. The summed E-state index contributed by atoms with van der Waals surface area (Å²) in [5.74, 6) is -0.394. The van der Waals surface area contributed by atoms with Crippen LogP contribution < -0.4 is 0 Å². The molecule has 1 aliphatic rings. The van der Waals surface area contributed by atoms with Crippen LogP contribution in [-0.2, 0) is 16.1 Å². The maximum absolute atomic E-state index is 11.9. The summed E-state index contributed by atoms with van der Waals surface area (Å²) in [4.78, 5) is 25.0. The molecule has 1 fully saturated rings. The average Bonchev–Trinajstić information content (AvgIpc) is 2.53. The van der Waals surface area contributed by atoms with E-state index in [1.165, 1.54) is 13.5 Å². The number of carbonyl (C=O) groups is 2. The highest BCUT2D eigenvalue weighted by Gasteiger charge is 2.17. The second kappa shape index (κ2) is 6.93. The van der Waals surface area contributed by atoms with Gasteiger partial charge in [0.2, 0.25) is 0 Å². The third kappa shape index (κ3) is 3.73. The molecule has 1 saturated heterocycles. The minimum atomic E-state index is -0.394. The van der Waals surface area contributed by atoms with Crippen molar-refractivity contribution in [1.82, 2.24) is 4.90 Å². The SMILES string of the molecule is COC(=O)c1cccc(COC(=O)N2CCCCC2)c1. The Labute approximate surface area is 118 Å². The zero-order valence-corrected chi connectivity index (χ0v) is 11.6. The van der Waals surface area contributed by atoms with Crippen molar-refractivity contribution in [1.29, 1.82) is 0 Å². The fourth-order valence-electron chi connectivity index (χ4n) is 2.22. The molecular weight excluding hydrogens is 258 g/mol. The highest BCUT2D eigenvalue weighted by molar-refractivity contribution is 5.89. The summed E-state index contributed by atoms with van der Waals surface area (Å²) in [5, 5.41) is 0. The first-order valence-electron chi connectivity index (χ1n) is 6.79. The number of amides is 1. The molecule has 0 spiro atoms. The van der Waals surface area contributed by atoms with E-state index in [1.54, 1.807) is 23.1 Å². The summed E-state index contributed by atoms with van der Waals surface area (Å²) in [6.45, 7) is 1.70. The molecular formula is C15H19NO4. The van der Waals surface area contributed by atoms with Gasteiger partial charge in [-0.15, -0.1) is 0 Å². The number of hydrogen-bond acceptors (Lipinski definition) is 4. The fraction of sp³-hybridized carbons (Fsp3) is 0.467. The molecule has 1 aliphatic heterocycles. The highest BCUT2D eigenvalue weighted by atomic mass is 16.6. The number of nitrogens with zero attached hydrogens (tertiary/aromatic N) is 1. The van der Waals surface area contributed by atoms with E-state index in [4.69, 9.17) is 4.74 Å². The number of methoxy groups -OCH3 is 1. The molecule has 0 aliphatic carbocycles. The van der Waals surface area contributed by atoms with Gasteiger partial charge in [-0.05, 0) is 37.0 Å². The van der Waals surface area contributed by atoms with Crippen LogP contribution in [0.25, 0.3) is 0 Å². The molecule has 108 valence electrons. The minimum absolute atomic E-state index is 0.167. The van der Waals surface area contributed by atoms with Gasteiger partial charge in [0.1, 0.15) is 6.61 Å². The lowest BCUT2D eigenvalue weighted by atomic mass is 10.1. The normalized spacial score (nSPS) is 14.8. The molecule has 0 saturated carbocycles. The molecule has 2 rings (SSSR count). The molecule has 0 atom stereocenters. The van der Waals surface area contributed by atoms with Crippen LogP contribution in [0.5, 0.6) is 0 Å². The number of carbonyl (C=O) groups excluding carboxylic acids is 2. The Bertz CT molecular complexity index is 481. The van der Waals surface area contributed by atoms with Crippen molar-refractivity contribution < 1.29 is 19.1 Å². The first kappa shape index (κ1) is 14.4. The van der Waals surface area contributed by atoms with Crippen LogP contribution in [0.2, 0.25) is 0 Å². The van der Waals surface area contributed by atoms with Crippen molar-refractivity contribution in [2.75, 3.05) is 20.2 Å². The van der Waals surface area contributed by atoms with Crippen LogP contribution in [0.4, 0.5) is 4.79 Å². The number of likely N-dealkylation sites (tertiary alicyclic amines) is 1. The van der Waals surface area contributed by atoms with E-state index in [-0.39, 0.29) is 12.7 Å². The van der Waals surface area contributed by atoms with Crippen molar-refractivity contribution in [2.24, 2.45) is 0 Å². The van der Waals surface area contributed by atoms with Crippen molar-refractivity contribution >= 4 is 12.1 Å². The predicted octanol–water partition coefficient (Wildman–Crippen LogP) is 2.60. The summed E-state index contributed by atoms with van der Waals surface area (Å²) in [5.41, 5.74) is 1.23. The van der Waals surface area contributed by atoms with Gasteiger partial charge in [-0.2, -0.15) is 0 Å². The standard InChI is InChI=1S/C15H19NO4/c1-19-14(17)13-7-5-6-12(10-13)11-20-15(18)16-8-3-2-4-9-16/h5-7,10H,2-4,8-9,11H2,1H3. The van der Waals surface area contributed by atoms with E-state index in [9.17, 15) is 9.59 Å². The second-order valence-corrected chi connectivity index (χ2v) is 4.79. The Hall–Kier alpha value is -2.04. The van der Waals surface area contributed by atoms with Gasteiger partial charge in [-0.25, -0.2) is 9.59 Å². The summed E-state index contributed by atoms with van der Waals surface area (Å²) < 4.78 is 9.93. The van der Waals surface area contributed by atoms with Gasteiger partial charge in [-0.1, -0.05) is 12.1 Å². The molecule has 5 heteroatoms. The lowest BCUT2D eigenvalue weighted by Crippen LogP contribution is -2.35. The van der Waals surface area contributed by atoms with Gasteiger partial charge < -0.3 is 14.4 Å². The third-order valence-electron chi connectivity index (χ3n) is 3.32. The number of benzene rings is 1. The molecule has 0 aromatic heterocycles. The average molecular weight is 277 g/mol. The largest absolute Gasteiger partial charge is 0.465 e. The quantitative estimate of drug-likeness (QED) is 0.797. The van der Waals surface area contributed by atoms with Crippen LogP contribution in [0.15, 0.2) is 24.3 Å². The highest BCUT2D eigenvalue weighted by Crippen LogP contribution is 2.12. The summed E-state index contributed by atoms with van der Waals surface area (Å²) in [6.07, 6.45) is 2.96. The van der Waals surface area contributed by atoms with Gasteiger partial charge in [-0.3, -0.25) is 0 Å². The second-order valence-electron chi connectivity index (χ2n) is 4.79. The number of rotatable bonds is 3. The Kier molecular flexibility index (Phi) is 4.98. The zero-order chi connectivity index (χ0) is 14.4. The van der Waals surface area contributed by atoms with Crippen molar-refractivity contribution in [3.05, 3.63) is 35.4 Å². The van der Waals surface area contributed by atoms with Crippen LogP contribution in [-0.4, -0.2) is 37.2 Å². The molecule has 1 amide bonds. The maximum atomic E-state index is 11.9. The molecule has 20 heavy (non-hydrogen) atoms. The number of ether oxygens (including phenoxy) is 2. The van der Waals surface area contributed by atoms with E-state index in [0.717, 1.165) is 31.5 Å². The van der Waals surface area contributed by atoms with Crippen molar-refractivity contribution in [2.45, 2.75) is 25.9 Å². The minimum Gasteiger partial charge on any atom is -0.465 e. The third-order valence-corrected chi connectivity index (χ3v) is 3.32. The van der Waals surface area contributed by atoms with Gasteiger partial charge in [0, 0.05) is 13.1 Å². The van der Waals surface area contributed by atoms with Gasteiger partial charge in [0.25, 0.3) is 0 Å². The topological polar surface area (TPSA) is 55.8 Å². The number of esters is 1. The van der Waals surface area contributed by atoms with E-state index < -0.39 is 5.97 Å². The van der Waals surface area contributed by atoms with E-state index in [2.05, 4.69) is 4.74 Å². The van der Waals surface area contributed by atoms with Crippen LogP contribution in [0.1, 0.15) is 35.2 Å². The van der Waals surface area contributed by atoms with Gasteiger partial charge >= 0.3 is 12.1 Å². The first-order valence-corrected chi connectivity index (χ1v) is 6.79. The monoisotopic (exact) mass is 277 g/mol. The molecule has 0 N–H and O–H groups in total. The molecule has 1 heterocycles. The Morgan fingerprint density at radius 1 is 1.20 bits per heavy atom. The van der Waals surface area contributed by atoms with E-state index >= 15 is 0 Å². The van der Waals surface area contributed by atoms with E-state index in [0.29, 0.717) is 5.56 Å². The summed E-state index contributed by atoms with van der Waals surface area (Å²) >= 11 is 0. The maximum Gasteiger partial charge on any atom is 0.410 e. The van der Waals surface area contributed by atoms with E-state index in [1.807, 2.05) is 6.07 Å². The zero-order valence-electron chi connectivity index (χ0n) is 11.6.